The fourth-order valence-electron chi connectivity index (χ4n) is 1.33. The molecule has 0 bridgehead atoms. The number of rotatable bonds is 5. The summed E-state index contributed by atoms with van der Waals surface area (Å²) in [5, 5.41) is 0. The van der Waals surface area contributed by atoms with Gasteiger partial charge < -0.3 is 9.96 Å². The van der Waals surface area contributed by atoms with Crippen molar-refractivity contribution in [2.24, 2.45) is 0 Å². The molecule has 0 saturated heterocycles. The minimum Gasteiger partial charge on any atom is -0.328 e. The van der Waals surface area contributed by atoms with E-state index in [2.05, 4.69) is 37.9 Å². The Morgan fingerprint density at radius 3 is 1.70 bits per heavy atom. The third-order valence-corrected chi connectivity index (χ3v) is 6.71. The zero-order valence-corrected chi connectivity index (χ0v) is 8.62. The molecule has 0 rings (SSSR count). The molecule has 0 amide bonds. The Morgan fingerprint density at radius 2 is 1.60 bits per heavy atom. The average molecular weight is 160 g/mol. The summed E-state index contributed by atoms with van der Waals surface area (Å²) in [4.78, 5) is 6.89. The van der Waals surface area contributed by atoms with Gasteiger partial charge >= 0.3 is 0 Å². The first kappa shape index (κ1) is 10.1. The standard InChI is InChI=1S/C7H20N2Si/c1-5-7-10(6-2,8-3)9-4/h8-9H,5-7H2,1-4H3. The smallest absolute Gasteiger partial charge is 0.200 e. The van der Waals surface area contributed by atoms with Crippen LogP contribution in [0.4, 0.5) is 0 Å². The van der Waals surface area contributed by atoms with Crippen LogP contribution in [0.5, 0.6) is 0 Å². The molecule has 3 heteroatoms. The van der Waals surface area contributed by atoms with Crippen molar-refractivity contribution in [2.75, 3.05) is 14.1 Å². The van der Waals surface area contributed by atoms with E-state index in [1.807, 2.05) is 0 Å². The quantitative estimate of drug-likeness (QED) is 0.592. The van der Waals surface area contributed by atoms with Gasteiger partial charge in [-0.3, -0.25) is 0 Å². The zero-order chi connectivity index (χ0) is 8.04. The molecule has 10 heavy (non-hydrogen) atoms. The molecule has 2 nitrogen and oxygen atoms in total. The summed E-state index contributed by atoms with van der Waals surface area (Å²) in [7, 11) is 2.93. The van der Waals surface area contributed by atoms with Crippen LogP contribution in [0.15, 0.2) is 0 Å². The molecule has 0 aliphatic rings. The molecule has 0 heterocycles. The van der Waals surface area contributed by atoms with Crippen LogP contribution in [0.2, 0.25) is 12.1 Å². The predicted octanol–water partition coefficient (Wildman–Crippen LogP) is 1.30. The van der Waals surface area contributed by atoms with Gasteiger partial charge in [0.25, 0.3) is 0 Å². The molecule has 0 radical (unpaired) electrons. The van der Waals surface area contributed by atoms with Crippen LogP contribution in [-0.2, 0) is 0 Å². The Bertz CT molecular complexity index is 73.4. The molecular weight excluding hydrogens is 140 g/mol. The lowest BCUT2D eigenvalue weighted by Gasteiger charge is -2.28. The van der Waals surface area contributed by atoms with Gasteiger partial charge in [-0.15, -0.1) is 0 Å². The molecule has 0 aliphatic heterocycles. The molecule has 0 aromatic carbocycles. The van der Waals surface area contributed by atoms with E-state index in [0.29, 0.717) is 0 Å². The van der Waals surface area contributed by atoms with Crippen LogP contribution in [-0.4, -0.2) is 22.5 Å². The third kappa shape index (κ3) is 2.40. The maximum atomic E-state index is 3.44. The van der Waals surface area contributed by atoms with Gasteiger partial charge in [-0.25, -0.2) is 0 Å². The summed E-state index contributed by atoms with van der Waals surface area (Å²) in [6, 6.07) is 2.60. The summed E-state index contributed by atoms with van der Waals surface area (Å²) in [5.74, 6) is 0. The Morgan fingerprint density at radius 1 is 1.10 bits per heavy atom. The van der Waals surface area contributed by atoms with Gasteiger partial charge in [0.05, 0.1) is 0 Å². The van der Waals surface area contributed by atoms with Crippen LogP contribution >= 0.6 is 0 Å². The number of hydrogen-bond donors (Lipinski definition) is 2. The molecule has 0 aromatic rings. The van der Waals surface area contributed by atoms with E-state index in [1.54, 1.807) is 0 Å². The largest absolute Gasteiger partial charge is 0.328 e. The zero-order valence-electron chi connectivity index (χ0n) is 7.62. The van der Waals surface area contributed by atoms with Crippen LogP contribution in [0.3, 0.4) is 0 Å². The van der Waals surface area contributed by atoms with Crippen molar-refractivity contribution in [3.05, 3.63) is 0 Å². The van der Waals surface area contributed by atoms with E-state index in [1.165, 1.54) is 18.5 Å². The van der Waals surface area contributed by atoms with Gasteiger partial charge in [0.15, 0.2) is 0 Å². The highest BCUT2D eigenvalue weighted by Crippen LogP contribution is 2.08. The molecule has 62 valence electrons. The van der Waals surface area contributed by atoms with E-state index in [9.17, 15) is 0 Å². The van der Waals surface area contributed by atoms with Gasteiger partial charge in [0.1, 0.15) is 0 Å². The predicted molar refractivity (Wildman–Crippen MR) is 49.5 cm³/mol. The van der Waals surface area contributed by atoms with Gasteiger partial charge in [-0.2, -0.15) is 0 Å². The second kappa shape index (κ2) is 4.88. The van der Waals surface area contributed by atoms with Gasteiger partial charge in [-0.1, -0.05) is 20.3 Å². The van der Waals surface area contributed by atoms with E-state index in [4.69, 9.17) is 0 Å². The first-order chi connectivity index (χ1) is 4.74. The Hall–Kier alpha value is 0.137. The van der Waals surface area contributed by atoms with Crippen LogP contribution in [0.1, 0.15) is 20.3 Å². The second-order valence-electron chi connectivity index (χ2n) is 2.69. The minimum absolute atomic E-state index is 1.22. The van der Waals surface area contributed by atoms with Crippen LogP contribution in [0, 0.1) is 0 Å². The summed E-state index contributed by atoms with van der Waals surface area (Å²) in [5.41, 5.74) is 0. The van der Waals surface area contributed by atoms with E-state index in [-0.39, 0.29) is 0 Å². The molecule has 0 atom stereocenters. The molecule has 0 fully saturated rings. The summed E-state index contributed by atoms with van der Waals surface area (Å²) in [6.07, 6.45) is 1.28. The maximum Gasteiger partial charge on any atom is 0.200 e. The molecule has 2 N–H and O–H groups in total. The summed E-state index contributed by atoms with van der Waals surface area (Å²) >= 11 is 0. The highest BCUT2D eigenvalue weighted by atomic mass is 28.3. The van der Waals surface area contributed by atoms with Crippen molar-refractivity contribution in [1.82, 2.24) is 9.96 Å². The van der Waals surface area contributed by atoms with Crippen molar-refractivity contribution in [1.29, 1.82) is 0 Å². The summed E-state index contributed by atoms with van der Waals surface area (Å²) < 4.78 is 0. The highest BCUT2D eigenvalue weighted by Gasteiger charge is 2.25. The Labute approximate surface area is 65.6 Å². The lowest BCUT2D eigenvalue weighted by atomic mass is 10.6. The fraction of sp³-hybridized carbons (Fsp3) is 1.00. The highest BCUT2D eigenvalue weighted by molar-refractivity contribution is 6.74. The van der Waals surface area contributed by atoms with Crippen molar-refractivity contribution in [3.63, 3.8) is 0 Å². The van der Waals surface area contributed by atoms with Crippen molar-refractivity contribution >= 4 is 8.40 Å². The van der Waals surface area contributed by atoms with Gasteiger partial charge in [-0.05, 0) is 26.2 Å². The molecule has 0 saturated carbocycles. The van der Waals surface area contributed by atoms with Gasteiger partial charge in [0, 0.05) is 0 Å². The lowest BCUT2D eigenvalue weighted by molar-refractivity contribution is 0.899. The number of hydrogen-bond acceptors (Lipinski definition) is 2. The Balaban J connectivity index is 3.87. The first-order valence-electron chi connectivity index (χ1n) is 4.12. The number of nitrogens with one attached hydrogen (secondary N) is 2. The molecule has 0 unspecified atom stereocenters. The monoisotopic (exact) mass is 160 g/mol. The van der Waals surface area contributed by atoms with E-state index < -0.39 is 8.40 Å². The second-order valence-corrected chi connectivity index (χ2v) is 7.06. The molecule has 0 aliphatic carbocycles. The summed E-state index contributed by atoms with van der Waals surface area (Å²) in [6.45, 7) is 4.50. The fourth-order valence-corrected chi connectivity index (χ4v) is 4.00. The third-order valence-electron chi connectivity index (χ3n) is 2.24. The van der Waals surface area contributed by atoms with Gasteiger partial charge in [0.2, 0.25) is 8.40 Å². The van der Waals surface area contributed by atoms with Crippen molar-refractivity contribution in [3.8, 4) is 0 Å². The molecular formula is C7H20N2Si. The maximum absolute atomic E-state index is 3.44. The van der Waals surface area contributed by atoms with E-state index >= 15 is 0 Å². The SMILES string of the molecule is CCC[Si](CC)(NC)NC. The van der Waals surface area contributed by atoms with Crippen LogP contribution < -0.4 is 9.96 Å². The van der Waals surface area contributed by atoms with E-state index in [0.717, 1.165) is 0 Å². The van der Waals surface area contributed by atoms with Crippen molar-refractivity contribution in [2.45, 2.75) is 32.4 Å². The first-order valence-corrected chi connectivity index (χ1v) is 6.54. The van der Waals surface area contributed by atoms with Crippen molar-refractivity contribution < 1.29 is 0 Å². The molecule has 0 aromatic heterocycles. The van der Waals surface area contributed by atoms with Crippen LogP contribution in [0.25, 0.3) is 0 Å². The molecule has 0 spiro atoms. The topological polar surface area (TPSA) is 24.1 Å². The lowest BCUT2D eigenvalue weighted by Crippen LogP contribution is -2.58. The minimum atomic E-state index is -1.22. The average Bonchev–Trinajstić information content (AvgIpc) is 2.01. The Kier molecular flexibility index (Phi) is 4.94. The normalized spacial score (nSPS) is 12.0.